The number of carbonyl (C=O) groups is 1. The summed E-state index contributed by atoms with van der Waals surface area (Å²) < 4.78 is 5.80. The number of hydrogen-bond donors (Lipinski definition) is 0. The first-order chi connectivity index (χ1) is 9.56. The lowest BCUT2D eigenvalue weighted by atomic mass is 9.75. The van der Waals surface area contributed by atoms with E-state index in [-0.39, 0.29) is 12.1 Å². The molecule has 0 spiro atoms. The molecule has 1 aromatic rings. The molecule has 0 heterocycles. The van der Waals surface area contributed by atoms with E-state index in [1.165, 1.54) is 12.8 Å². The van der Waals surface area contributed by atoms with E-state index >= 15 is 0 Å². The van der Waals surface area contributed by atoms with Crippen LogP contribution in [0.1, 0.15) is 45.6 Å². The van der Waals surface area contributed by atoms with Crippen molar-refractivity contribution in [1.29, 1.82) is 0 Å². The van der Waals surface area contributed by atoms with Crippen LogP contribution >= 0.6 is 0 Å². The molecule has 0 unspecified atom stereocenters. The Bertz CT molecular complexity index is 424. The third-order valence-electron chi connectivity index (χ3n) is 4.44. The second kappa shape index (κ2) is 6.92. The van der Waals surface area contributed by atoms with Crippen LogP contribution in [0.25, 0.3) is 0 Å². The number of esters is 1. The monoisotopic (exact) mass is 274 g/mol. The molecular weight excluding hydrogens is 248 g/mol. The van der Waals surface area contributed by atoms with Gasteiger partial charge in [-0.15, -0.1) is 0 Å². The SMILES string of the molecule is CC(C)[C@H]1CC[C@@H](C)C[C@@H]1OC(=O)Cc1ccccc1. The molecule has 0 N–H and O–H groups in total. The number of ether oxygens (including phenoxy) is 1. The summed E-state index contributed by atoms with van der Waals surface area (Å²) in [6.07, 6.45) is 3.95. The lowest BCUT2D eigenvalue weighted by Gasteiger charge is -2.36. The Morgan fingerprint density at radius 2 is 1.95 bits per heavy atom. The van der Waals surface area contributed by atoms with Gasteiger partial charge in [0, 0.05) is 0 Å². The molecule has 0 amide bonds. The number of hydrogen-bond acceptors (Lipinski definition) is 2. The molecule has 2 nitrogen and oxygen atoms in total. The zero-order valence-electron chi connectivity index (χ0n) is 12.8. The highest BCUT2D eigenvalue weighted by Crippen LogP contribution is 2.35. The minimum absolute atomic E-state index is 0.0825. The van der Waals surface area contributed by atoms with Crippen molar-refractivity contribution in [2.75, 3.05) is 0 Å². The molecule has 0 saturated heterocycles. The quantitative estimate of drug-likeness (QED) is 0.768. The Morgan fingerprint density at radius 1 is 1.25 bits per heavy atom. The van der Waals surface area contributed by atoms with Crippen LogP contribution in [0.15, 0.2) is 30.3 Å². The van der Waals surface area contributed by atoms with Crippen LogP contribution in [0.4, 0.5) is 0 Å². The Hall–Kier alpha value is -1.31. The Balaban J connectivity index is 1.94. The van der Waals surface area contributed by atoms with Crippen LogP contribution in [0, 0.1) is 17.8 Å². The summed E-state index contributed by atoms with van der Waals surface area (Å²) in [6.45, 7) is 6.73. The van der Waals surface area contributed by atoms with Crippen molar-refractivity contribution in [2.24, 2.45) is 17.8 Å². The zero-order chi connectivity index (χ0) is 14.5. The van der Waals surface area contributed by atoms with Gasteiger partial charge < -0.3 is 4.74 Å². The fourth-order valence-corrected chi connectivity index (χ4v) is 3.22. The largest absolute Gasteiger partial charge is 0.462 e. The fourth-order valence-electron chi connectivity index (χ4n) is 3.22. The van der Waals surface area contributed by atoms with Gasteiger partial charge >= 0.3 is 5.97 Å². The van der Waals surface area contributed by atoms with Crippen LogP contribution < -0.4 is 0 Å². The number of carbonyl (C=O) groups excluding carboxylic acids is 1. The van der Waals surface area contributed by atoms with Crippen LogP contribution in [0.5, 0.6) is 0 Å². The molecule has 1 fully saturated rings. The van der Waals surface area contributed by atoms with Crippen molar-refractivity contribution in [3.05, 3.63) is 35.9 Å². The summed E-state index contributed by atoms with van der Waals surface area (Å²) in [5, 5.41) is 0. The van der Waals surface area contributed by atoms with Crippen LogP contribution in [-0.4, -0.2) is 12.1 Å². The van der Waals surface area contributed by atoms with E-state index in [4.69, 9.17) is 4.74 Å². The molecule has 2 rings (SSSR count). The zero-order valence-corrected chi connectivity index (χ0v) is 12.8. The topological polar surface area (TPSA) is 26.3 Å². The van der Waals surface area contributed by atoms with Crippen molar-refractivity contribution >= 4 is 5.97 Å². The van der Waals surface area contributed by atoms with Crippen molar-refractivity contribution in [3.63, 3.8) is 0 Å². The molecular formula is C18H26O2. The first kappa shape index (κ1) is 15.1. The van der Waals surface area contributed by atoms with Crippen LogP contribution in [0.2, 0.25) is 0 Å². The van der Waals surface area contributed by atoms with Gasteiger partial charge in [0.25, 0.3) is 0 Å². The van der Waals surface area contributed by atoms with Gasteiger partial charge in [-0.3, -0.25) is 4.79 Å². The van der Waals surface area contributed by atoms with Crippen molar-refractivity contribution in [1.82, 2.24) is 0 Å². The third-order valence-corrected chi connectivity index (χ3v) is 4.44. The fraction of sp³-hybridized carbons (Fsp3) is 0.611. The van der Waals surface area contributed by atoms with E-state index < -0.39 is 0 Å². The third kappa shape index (κ3) is 4.09. The minimum Gasteiger partial charge on any atom is -0.462 e. The Morgan fingerprint density at radius 3 is 2.60 bits per heavy atom. The van der Waals surface area contributed by atoms with Crippen molar-refractivity contribution in [2.45, 2.75) is 52.6 Å². The van der Waals surface area contributed by atoms with E-state index in [2.05, 4.69) is 20.8 Å². The highest BCUT2D eigenvalue weighted by Gasteiger charge is 2.33. The highest BCUT2D eigenvalue weighted by molar-refractivity contribution is 5.72. The molecule has 1 saturated carbocycles. The Kier molecular flexibility index (Phi) is 5.22. The van der Waals surface area contributed by atoms with Crippen molar-refractivity contribution in [3.8, 4) is 0 Å². The smallest absolute Gasteiger partial charge is 0.310 e. The predicted octanol–water partition coefficient (Wildman–Crippen LogP) is 4.23. The molecule has 0 aromatic heterocycles. The highest BCUT2D eigenvalue weighted by atomic mass is 16.5. The number of benzene rings is 1. The standard InChI is InChI=1S/C18H26O2/c1-13(2)16-10-9-14(3)11-17(16)20-18(19)12-15-7-5-4-6-8-15/h4-8,13-14,16-17H,9-12H2,1-3H3/t14-,16-,17+/m1/s1. The molecule has 1 aliphatic rings. The van der Waals surface area contributed by atoms with E-state index in [9.17, 15) is 4.79 Å². The van der Waals surface area contributed by atoms with Gasteiger partial charge in [-0.1, -0.05) is 57.5 Å². The molecule has 1 aliphatic carbocycles. The first-order valence-corrected chi connectivity index (χ1v) is 7.79. The maximum Gasteiger partial charge on any atom is 0.310 e. The van der Waals surface area contributed by atoms with Gasteiger partial charge in [0.1, 0.15) is 6.10 Å². The van der Waals surface area contributed by atoms with Crippen LogP contribution in [0.3, 0.4) is 0 Å². The first-order valence-electron chi connectivity index (χ1n) is 7.79. The summed E-state index contributed by atoms with van der Waals surface area (Å²) in [5.41, 5.74) is 1.03. The molecule has 2 heteroatoms. The second-order valence-electron chi connectivity index (χ2n) is 6.52. The molecule has 0 radical (unpaired) electrons. The van der Waals surface area contributed by atoms with E-state index in [0.717, 1.165) is 12.0 Å². The summed E-state index contributed by atoms with van der Waals surface area (Å²) in [6, 6.07) is 9.84. The van der Waals surface area contributed by atoms with Gasteiger partial charge in [0.15, 0.2) is 0 Å². The molecule has 110 valence electrons. The average molecular weight is 274 g/mol. The summed E-state index contributed by atoms with van der Waals surface area (Å²) in [7, 11) is 0. The van der Waals surface area contributed by atoms with Gasteiger partial charge in [-0.05, 0) is 36.2 Å². The average Bonchev–Trinajstić information content (AvgIpc) is 2.39. The minimum atomic E-state index is -0.0825. The maximum atomic E-state index is 12.1. The Labute approximate surface area is 122 Å². The normalized spacial score (nSPS) is 26.5. The molecule has 0 bridgehead atoms. The lowest BCUT2D eigenvalue weighted by molar-refractivity contribution is -0.155. The summed E-state index contributed by atoms with van der Waals surface area (Å²) >= 11 is 0. The lowest BCUT2D eigenvalue weighted by Crippen LogP contribution is -2.36. The van der Waals surface area contributed by atoms with Crippen molar-refractivity contribution < 1.29 is 9.53 Å². The second-order valence-corrected chi connectivity index (χ2v) is 6.52. The summed E-state index contributed by atoms with van der Waals surface area (Å²) in [5.74, 6) is 1.68. The van der Waals surface area contributed by atoms with Gasteiger partial charge in [0.2, 0.25) is 0 Å². The van der Waals surface area contributed by atoms with E-state index in [0.29, 0.717) is 24.2 Å². The number of rotatable bonds is 4. The predicted molar refractivity (Wildman–Crippen MR) is 81.4 cm³/mol. The van der Waals surface area contributed by atoms with E-state index in [1.54, 1.807) is 0 Å². The van der Waals surface area contributed by atoms with Crippen LogP contribution in [-0.2, 0) is 16.0 Å². The van der Waals surface area contributed by atoms with E-state index in [1.807, 2.05) is 30.3 Å². The molecule has 1 aromatic carbocycles. The molecule has 3 atom stereocenters. The van der Waals surface area contributed by atoms with Gasteiger partial charge in [-0.25, -0.2) is 0 Å². The molecule has 0 aliphatic heterocycles. The summed E-state index contributed by atoms with van der Waals surface area (Å²) in [4.78, 5) is 12.1. The van der Waals surface area contributed by atoms with Gasteiger partial charge in [-0.2, -0.15) is 0 Å². The molecule has 20 heavy (non-hydrogen) atoms. The maximum absolute atomic E-state index is 12.1. The van der Waals surface area contributed by atoms with Gasteiger partial charge in [0.05, 0.1) is 6.42 Å².